The Labute approximate surface area is 132 Å². The summed E-state index contributed by atoms with van der Waals surface area (Å²) in [6.45, 7) is 0.464. The molecule has 0 aromatic heterocycles. The van der Waals surface area contributed by atoms with Crippen LogP contribution in [0, 0.1) is 11.3 Å². The van der Waals surface area contributed by atoms with Crippen LogP contribution in [0.2, 0.25) is 5.02 Å². The average Bonchev–Trinajstić information content (AvgIpc) is 2.53. The van der Waals surface area contributed by atoms with Crippen molar-refractivity contribution in [2.45, 2.75) is 11.4 Å². The Kier molecular flexibility index (Phi) is 5.68. The molecule has 3 nitrogen and oxygen atoms in total. The van der Waals surface area contributed by atoms with Gasteiger partial charge in [-0.25, -0.2) is 0 Å². The third-order valence-electron chi connectivity index (χ3n) is 2.76. The first kappa shape index (κ1) is 15.4. The molecule has 1 amide bonds. The molecule has 2 rings (SSSR count). The second-order valence-electron chi connectivity index (χ2n) is 4.33. The van der Waals surface area contributed by atoms with Crippen molar-refractivity contribution in [3.63, 3.8) is 0 Å². The number of carbonyl (C=O) groups is 1. The number of hydrogen-bond donors (Lipinski definition) is 1. The molecule has 2 aromatic rings. The molecule has 0 aliphatic rings. The van der Waals surface area contributed by atoms with Gasteiger partial charge in [-0.3, -0.25) is 4.79 Å². The van der Waals surface area contributed by atoms with Gasteiger partial charge < -0.3 is 5.32 Å². The largest absolute Gasteiger partial charge is 0.351 e. The summed E-state index contributed by atoms with van der Waals surface area (Å²) in [4.78, 5) is 12.8. The third kappa shape index (κ3) is 5.14. The van der Waals surface area contributed by atoms with Gasteiger partial charge in [0.2, 0.25) is 5.91 Å². The minimum Gasteiger partial charge on any atom is -0.351 e. The number of halogens is 1. The summed E-state index contributed by atoms with van der Waals surface area (Å²) in [5.74, 6) is 0.331. The number of carbonyl (C=O) groups excluding carboxylic acids is 1. The minimum atomic E-state index is -0.0284. The second kappa shape index (κ2) is 7.72. The first-order valence-corrected chi connectivity index (χ1v) is 7.68. The van der Waals surface area contributed by atoms with Crippen molar-refractivity contribution in [1.29, 1.82) is 5.26 Å². The van der Waals surface area contributed by atoms with E-state index in [4.69, 9.17) is 16.9 Å². The number of thioether (sulfide) groups is 1. The molecule has 0 aliphatic carbocycles. The predicted molar refractivity (Wildman–Crippen MR) is 85.2 cm³/mol. The van der Waals surface area contributed by atoms with Crippen molar-refractivity contribution < 1.29 is 4.79 Å². The highest BCUT2D eigenvalue weighted by molar-refractivity contribution is 8.00. The van der Waals surface area contributed by atoms with Crippen LogP contribution in [0.5, 0.6) is 0 Å². The highest BCUT2D eigenvalue weighted by atomic mass is 35.5. The molecule has 0 spiro atoms. The molecule has 0 aliphatic heterocycles. The van der Waals surface area contributed by atoms with E-state index in [0.717, 1.165) is 10.5 Å². The van der Waals surface area contributed by atoms with Crippen molar-refractivity contribution in [1.82, 2.24) is 5.32 Å². The van der Waals surface area contributed by atoms with Crippen LogP contribution in [0.1, 0.15) is 11.1 Å². The van der Waals surface area contributed by atoms with Crippen molar-refractivity contribution in [3.05, 3.63) is 64.7 Å². The van der Waals surface area contributed by atoms with Gasteiger partial charge in [0, 0.05) is 16.5 Å². The van der Waals surface area contributed by atoms with Crippen LogP contribution >= 0.6 is 23.4 Å². The van der Waals surface area contributed by atoms with Gasteiger partial charge in [-0.2, -0.15) is 5.26 Å². The van der Waals surface area contributed by atoms with E-state index in [0.29, 0.717) is 22.9 Å². The van der Waals surface area contributed by atoms with Crippen molar-refractivity contribution >= 4 is 29.3 Å². The summed E-state index contributed by atoms with van der Waals surface area (Å²) in [7, 11) is 0. The minimum absolute atomic E-state index is 0.0284. The SMILES string of the molecule is N#Cc1ccc(CNC(=O)CSc2ccc(Cl)cc2)cc1. The molecule has 0 saturated heterocycles. The van der Waals surface area contributed by atoms with E-state index < -0.39 is 0 Å². The van der Waals surface area contributed by atoms with Crippen molar-refractivity contribution in [2.24, 2.45) is 0 Å². The normalized spacial score (nSPS) is 9.90. The third-order valence-corrected chi connectivity index (χ3v) is 4.02. The Morgan fingerprint density at radius 2 is 1.81 bits per heavy atom. The van der Waals surface area contributed by atoms with E-state index in [1.807, 2.05) is 24.3 Å². The van der Waals surface area contributed by atoms with E-state index in [-0.39, 0.29) is 5.91 Å². The maximum Gasteiger partial charge on any atom is 0.230 e. The molecule has 5 heteroatoms. The fourth-order valence-corrected chi connectivity index (χ4v) is 2.48. The number of rotatable bonds is 5. The number of amides is 1. The maximum atomic E-state index is 11.8. The average molecular weight is 317 g/mol. The predicted octanol–water partition coefficient (Wildman–Crippen LogP) is 3.62. The van der Waals surface area contributed by atoms with Gasteiger partial charge in [0.25, 0.3) is 0 Å². The van der Waals surface area contributed by atoms with E-state index in [9.17, 15) is 4.79 Å². The molecule has 0 fully saturated rings. The standard InChI is InChI=1S/C16H13ClN2OS/c17-14-5-7-15(8-6-14)21-11-16(20)19-10-13-3-1-12(9-18)2-4-13/h1-8H,10-11H2,(H,19,20). The summed E-state index contributed by atoms with van der Waals surface area (Å²) < 4.78 is 0. The van der Waals surface area contributed by atoms with Crippen LogP contribution < -0.4 is 5.32 Å². The van der Waals surface area contributed by atoms with Gasteiger partial charge in [-0.05, 0) is 42.0 Å². The Morgan fingerprint density at radius 1 is 1.14 bits per heavy atom. The van der Waals surface area contributed by atoms with Crippen LogP contribution in [0.4, 0.5) is 0 Å². The van der Waals surface area contributed by atoms with E-state index in [1.54, 1.807) is 24.3 Å². The number of nitriles is 1. The Bertz CT molecular complexity index is 647. The monoisotopic (exact) mass is 316 g/mol. The van der Waals surface area contributed by atoms with Gasteiger partial charge in [-0.15, -0.1) is 11.8 Å². The highest BCUT2D eigenvalue weighted by Crippen LogP contribution is 2.19. The maximum absolute atomic E-state index is 11.8. The summed E-state index contributed by atoms with van der Waals surface area (Å²) in [5, 5.41) is 12.2. The topological polar surface area (TPSA) is 52.9 Å². The summed E-state index contributed by atoms with van der Waals surface area (Å²) in [6.07, 6.45) is 0. The zero-order valence-electron chi connectivity index (χ0n) is 11.2. The smallest absolute Gasteiger partial charge is 0.230 e. The summed E-state index contributed by atoms with van der Waals surface area (Å²) in [5.41, 5.74) is 1.59. The van der Waals surface area contributed by atoms with E-state index >= 15 is 0 Å². The molecule has 0 bridgehead atoms. The number of hydrogen-bond acceptors (Lipinski definition) is 3. The van der Waals surface area contributed by atoms with Gasteiger partial charge >= 0.3 is 0 Å². The van der Waals surface area contributed by atoms with E-state index in [2.05, 4.69) is 11.4 Å². The van der Waals surface area contributed by atoms with Gasteiger partial charge in [-0.1, -0.05) is 23.7 Å². The number of nitrogens with one attached hydrogen (secondary N) is 1. The molecule has 1 N–H and O–H groups in total. The van der Waals surface area contributed by atoms with Gasteiger partial charge in [0.1, 0.15) is 0 Å². The Hall–Kier alpha value is -1.96. The Balaban J connectivity index is 1.76. The highest BCUT2D eigenvalue weighted by Gasteiger charge is 2.03. The number of benzene rings is 2. The summed E-state index contributed by atoms with van der Waals surface area (Å²) >= 11 is 7.27. The van der Waals surface area contributed by atoms with Crippen LogP contribution in [0.3, 0.4) is 0 Å². The lowest BCUT2D eigenvalue weighted by Gasteiger charge is -2.05. The van der Waals surface area contributed by atoms with E-state index in [1.165, 1.54) is 11.8 Å². The molecular formula is C16H13ClN2OS. The molecule has 0 unspecified atom stereocenters. The molecule has 106 valence electrons. The molecule has 0 radical (unpaired) electrons. The van der Waals surface area contributed by atoms with Gasteiger partial charge in [0.05, 0.1) is 17.4 Å². The zero-order chi connectivity index (χ0) is 15.1. The lowest BCUT2D eigenvalue weighted by atomic mass is 10.1. The van der Waals surface area contributed by atoms with Crippen LogP contribution in [-0.4, -0.2) is 11.7 Å². The lowest BCUT2D eigenvalue weighted by Crippen LogP contribution is -2.24. The second-order valence-corrected chi connectivity index (χ2v) is 5.81. The lowest BCUT2D eigenvalue weighted by molar-refractivity contribution is -0.118. The summed E-state index contributed by atoms with van der Waals surface area (Å²) in [6, 6.07) is 16.6. The molecule has 0 atom stereocenters. The van der Waals surface area contributed by atoms with Crippen molar-refractivity contribution in [2.75, 3.05) is 5.75 Å². The fraction of sp³-hybridized carbons (Fsp3) is 0.125. The molecule has 2 aromatic carbocycles. The molecular weight excluding hydrogens is 304 g/mol. The Morgan fingerprint density at radius 3 is 2.43 bits per heavy atom. The zero-order valence-corrected chi connectivity index (χ0v) is 12.7. The van der Waals surface area contributed by atoms with Crippen molar-refractivity contribution in [3.8, 4) is 6.07 Å². The number of nitrogens with zero attached hydrogens (tertiary/aromatic N) is 1. The molecule has 0 heterocycles. The van der Waals surface area contributed by atoms with Crippen LogP contribution in [-0.2, 0) is 11.3 Å². The fourth-order valence-electron chi connectivity index (χ4n) is 1.63. The quantitative estimate of drug-likeness (QED) is 0.857. The van der Waals surface area contributed by atoms with Crippen LogP contribution in [0.15, 0.2) is 53.4 Å². The molecule has 0 saturated carbocycles. The molecule has 21 heavy (non-hydrogen) atoms. The first-order chi connectivity index (χ1) is 10.2. The first-order valence-electron chi connectivity index (χ1n) is 6.31. The van der Waals surface area contributed by atoms with Crippen LogP contribution in [0.25, 0.3) is 0 Å². The van der Waals surface area contributed by atoms with Gasteiger partial charge in [0.15, 0.2) is 0 Å².